The lowest BCUT2D eigenvalue weighted by molar-refractivity contribution is -0.111. The topological polar surface area (TPSA) is 104 Å². The summed E-state index contributed by atoms with van der Waals surface area (Å²) in [5.74, 6) is 0.618. The van der Waals surface area contributed by atoms with Crippen molar-refractivity contribution in [1.29, 1.82) is 0 Å². The summed E-state index contributed by atoms with van der Waals surface area (Å²) in [5, 5.41) is 3.73. The number of hydrogen-bond donors (Lipinski definition) is 2. The molecular formula is C29H28N2O5. The van der Waals surface area contributed by atoms with Crippen molar-refractivity contribution in [2.24, 2.45) is 5.73 Å². The van der Waals surface area contributed by atoms with Gasteiger partial charge in [0.2, 0.25) is 11.8 Å². The van der Waals surface area contributed by atoms with Gasteiger partial charge in [-0.3, -0.25) is 9.59 Å². The van der Waals surface area contributed by atoms with Crippen LogP contribution < -0.4 is 20.5 Å². The maximum Gasteiger partial charge on any atom is 0.248 e. The average molecular weight is 485 g/mol. The number of aryl methyl sites for hydroxylation is 1. The molecule has 36 heavy (non-hydrogen) atoms. The first-order chi connectivity index (χ1) is 17.3. The molecule has 0 unspecified atom stereocenters. The highest BCUT2D eigenvalue weighted by Crippen LogP contribution is 2.40. The summed E-state index contributed by atoms with van der Waals surface area (Å²) >= 11 is 0. The van der Waals surface area contributed by atoms with E-state index in [9.17, 15) is 9.59 Å². The van der Waals surface area contributed by atoms with Gasteiger partial charge in [-0.2, -0.15) is 0 Å². The molecule has 3 N–H and O–H groups in total. The summed E-state index contributed by atoms with van der Waals surface area (Å²) in [6, 6.07) is 16.2. The third-order valence-corrected chi connectivity index (χ3v) is 5.93. The van der Waals surface area contributed by atoms with Crippen LogP contribution in [0.15, 0.2) is 71.4 Å². The molecule has 7 nitrogen and oxygen atoms in total. The molecule has 0 aliphatic rings. The summed E-state index contributed by atoms with van der Waals surface area (Å²) in [6.07, 6.45) is 3.25. The molecule has 0 fully saturated rings. The standard InChI is InChI=1S/C29H28N2O5/c1-5-35-22-12-8-19(9-13-22)25-16-36-28-18(3)27(34-4)23(15-24(25)28)17(2)14-26(32)31-21-10-6-20(7-11-21)29(30)33/h6-16H,5H2,1-4H3,(H2,30,33)(H,31,32)/b17-14+. The normalized spacial score (nSPS) is 11.4. The van der Waals surface area contributed by atoms with Crippen LogP contribution in [0.4, 0.5) is 5.69 Å². The fraction of sp³-hybridized carbons (Fsp3) is 0.172. The van der Waals surface area contributed by atoms with Gasteiger partial charge in [0.15, 0.2) is 0 Å². The minimum atomic E-state index is -0.523. The van der Waals surface area contributed by atoms with E-state index in [1.54, 1.807) is 37.6 Å². The largest absolute Gasteiger partial charge is 0.496 e. The van der Waals surface area contributed by atoms with Crippen LogP contribution in [0.3, 0.4) is 0 Å². The Bertz CT molecular complexity index is 1450. The summed E-state index contributed by atoms with van der Waals surface area (Å²) in [7, 11) is 1.60. The van der Waals surface area contributed by atoms with Crippen molar-refractivity contribution < 1.29 is 23.5 Å². The number of carbonyl (C=O) groups excluding carboxylic acids is 2. The fourth-order valence-electron chi connectivity index (χ4n) is 4.16. The molecule has 0 aliphatic carbocycles. The molecule has 0 aliphatic heterocycles. The van der Waals surface area contributed by atoms with Crippen LogP contribution >= 0.6 is 0 Å². The van der Waals surface area contributed by atoms with Crippen molar-refractivity contribution in [3.63, 3.8) is 0 Å². The monoisotopic (exact) mass is 484 g/mol. The minimum Gasteiger partial charge on any atom is -0.496 e. The van der Waals surface area contributed by atoms with Crippen LogP contribution in [-0.4, -0.2) is 25.5 Å². The van der Waals surface area contributed by atoms with Crippen LogP contribution in [0.2, 0.25) is 0 Å². The third kappa shape index (κ3) is 4.95. The molecule has 184 valence electrons. The number of nitrogens with one attached hydrogen (secondary N) is 1. The zero-order chi connectivity index (χ0) is 25.8. The van der Waals surface area contributed by atoms with Gasteiger partial charge in [0.25, 0.3) is 0 Å². The molecular weight excluding hydrogens is 456 g/mol. The second kappa shape index (κ2) is 10.4. The smallest absolute Gasteiger partial charge is 0.248 e. The molecule has 4 rings (SSSR count). The molecule has 0 atom stereocenters. The van der Waals surface area contributed by atoms with E-state index in [0.717, 1.165) is 44.5 Å². The van der Waals surface area contributed by atoms with Gasteiger partial charge in [0.05, 0.1) is 20.0 Å². The third-order valence-electron chi connectivity index (χ3n) is 5.93. The first-order valence-electron chi connectivity index (χ1n) is 11.5. The first-order valence-corrected chi connectivity index (χ1v) is 11.5. The highest BCUT2D eigenvalue weighted by Gasteiger charge is 2.19. The van der Waals surface area contributed by atoms with E-state index in [2.05, 4.69) is 5.32 Å². The number of ether oxygens (including phenoxy) is 2. The van der Waals surface area contributed by atoms with Crippen molar-refractivity contribution in [3.05, 3.63) is 83.6 Å². The number of rotatable bonds is 8. The Hall–Kier alpha value is -4.52. The molecule has 0 spiro atoms. The van der Waals surface area contributed by atoms with Gasteiger partial charge >= 0.3 is 0 Å². The van der Waals surface area contributed by atoms with Gasteiger partial charge in [-0.25, -0.2) is 0 Å². The van der Waals surface area contributed by atoms with Crippen molar-refractivity contribution in [2.75, 3.05) is 19.0 Å². The van der Waals surface area contributed by atoms with E-state index >= 15 is 0 Å². The van der Waals surface area contributed by atoms with E-state index in [0.29, 0.717) is 23.6 Å². The Morgan fingerprint density at radius 1 is 1.08 bits per heavy atom. The van der Waals surface area contributed by atoms with E-state index in [-0.39, 0.29) is 5.91 Å². The zero-order valence-electron chi connectivity index (χ0n) is 20.7. The highest BCUT2D eigenvalue weighted by atomic mass is 16.5. The van der Waals surface area contributed by atoms with E-state index in [4.69, 9.17) is 19.6 Å². The van der Waals surface area contributed by atoms with E-state index in [1.165, 1.54) is 6.08 Å². The van der Waals surface area contributed by atoms with Gasteiger partial charge in [-0.15, -0.1) is 0 Å². The van der Waals surface area contributed by atoms with Crippen LogP contribution in [0.5, 0.6) is 11.5 Å². The number of nitrogens with two attached hydrogens (primary N) is 1. The predicted molar refractivity (Wildman–Crippen MR) is 141 cm³/mol. The molecule has 0 bridgehead atoms. The van der Waals surface area contributed by atoms with Crippen molar-refractivity contribution in [3.8, 4) is 22.6 Å². The van der Waals surface area contributed by atoms with E-state index in [1.807, 2.05) is 51.1 Å². The van der Waals surface area contributed by atoms with Gasteiger partial charge < -0.3 is 24.9 Å². The number of methoxy groups -OCH3 is 1. The minimum absolute atomic E-state index is 0.307. The number of furan rings is 1. The van der Waals surface area contributed by atoms with Crippen molar-refractivity contribution in [2.45, 2.75) is 20.8 Å². The lowest BCUT2D eigenvalue weighted by atomic mass is 9.96. The van der Waals surface area contributed by atoms with Gasteiger partial charge in [0.1, 0.15) is 17.1 Å². The quantitative estimate of drug-likeness (QED) is 0.301. The molecule has 0 radical (unpaired) electrons. The van der Waals surface area contributed by atoms with E-state index < -0.39 is 5.91 Å². The van der Waals surface area contributed by atoms with Crippen molar-refractivity contribution >= 4 is 34.0 Å². The molecule has 0 saturated heterocycles. The number of amides is 2. The average Bonchev–Trinajstić information content (AvgIpc) is 3.29. The van der Waals surface area contributed by atoms with Gasteiger partial charge in [-0.05, 0) is 74.4 Å². The summed E-state index contributed by atoms with van der Waals surface area (Å²) < 4.78 is 17.2. The van der Waals surface area contributed by atoms with Crippen molar-refractivity contribution in [1.82, 2.24) is 0 Å². The molecule has 4 aromatic rings. The molecule has 2 amide bonds. The van der Waals surface area contributed by atoms with Crippen LogP contribution in [-0.2, 0) is 4.79 Å². The second-order valence-corrected chi connectivity index (χ2v) is 8.32. The number of carbonyl (C=O) groups is 2. The Kier molecular flexibility index (Phi) is 7.10. The molecule has 7 heteroatoms. The number of fused-ring (bicyclic) bond motifs is 1. The summed E-state index contributed by atoms with van der Waals surface area (Å²) in [4.78, 5) is 24.0. The van der Waals surface area contributed by atoms with Gasteiger partial charge in [-0.1, -0.05) is 12.1 Å². The Balaban J connectivity index is 1.68. The molecule has 0 saturated carbocycles. The molecule has 3 aromatic carbocycles. The Morgan fingerprint density at radius 3 is 2.39 bits per heavy atom. The molecule has 1 heterocycles. The maximum absolute atomic E-state index is 12.7. The zero-order valence-corrected chi connectivity index (χ0v) is 20.7. The summed E-state index contributed by atoms with van der Waals surface area (Å²) in [5.41, 5.74) is 11.2. The molecule has 1 aromatic heterocycles. The number of hydrogen-bond acceptors (Lipinski definition) is 5. The number of primary amides is 1. The lowest BCUT2D eigenvalue weighted by Crippen LogP contribution is -2.12. The second-order valence-electron chi connectivity index (χ2n) is 8.32. The first kappa shape index (κ1) is 24.6. The number of anilines is 1. The Morgan fingerprint density at radius 2 is 1.78 bits per heavy atom. The SMILES string of the molecule is CCOc1ccc(-c2coc3c(C)c(OC)c(/C(C)=C/C(=O)Nc4ccc(C(N)=O)cc4)cc23)cc1. The Labute approximate surface area is 209 Å². The summed E-state index contributed by atoms with van der Waals surface area (Å²) in [6.45, 7) is 6.35. The lowest BCUT2D eigenvalue weighted by Gasteiger charge is -2.13. The number of allylic oxidation sites excluding steroid dienone is 1. The highest BCUT2D eigenvalue weighted by molar-refractivity contribution is 6.06. The van der Waals surface area contributed by atoms with Crippen LogP contribution in [0.25, 0.3) is 27.7 Å². The fourth-order valence-corrected chi connectivity index (χ4v) is 4.16. The predicted octanol–water partition coefficient (Wildman–Crippen LogP) is 5.96. The maximum atomic E-state index is 12.7. The van der Waals surface area contributed by atoms with Gasteiger partial charge in [0, 0.05) is 39.4 Å². The van der Waals surface area contributed by atoms with Crippen LogP contribution in [0.1, 0.15) is 35.3 Å². The number of benzene rings is 3. The van der Waals surface area contributed by atoms with Crippen LogP contribution in [0, 0.1) is 6.92 Å².